The Morgan fingerprint density at radius 2 is 1.53 bits per heavy atom. The lowest BCUT2D eigenvalue weighted by atomic mass is 10.3. The number of carbonyl (C=O) groups is 4. The van der Waals surface area contributed by atoms with E-state index in [2.05, 4.69) is 0 Å². The molecular formula is C19H24N4O6S. The van der Waals surface area contributed by atoms with Crippen LogP contribution in [0.25, 0.3) is 0 Å². The molecule has 2 aliphatic heterocycles. The van der Waals surface area contributed by atoms with E-state index in [0.29, 0.717) is 11.3 Å². The number of nitrogens with zero attached hydrogens (tertiary/aromatic N) is 4. The predicted octanol–water partition coefficient (Wildman–Crippen LogP) is 0.110. The number of hydrogen-bond donors (Lipinski definition) is 0. The Balaban J connectivity index is 1.59. The lowest BCUT2D eigenvalue weighted by Gasteiger charge is -2.34. The van der Waals surface area contributed by atoms with Gasteiger partial charge in [-0.2, -0.15) is 4.31 Å². The van der Waals surface area contributed by atoms with E-state index in [1.165, 1.54) is 21.3 Å². The van der Waals surface area contributed by atoms with Crippen molar-refractivity contribution in [1.82, 2.24) is 19.0 Å². The maximum absolute atomic E-state index is 12.7. The predicted molar refractivity (Wildman–Crippen MR) is 106 cm³/mol. The highest BCUT2D eigenvalue weighted by atomic mass is 32.2. The van der Waals surface area contributed by atoms with Crippen LogP contribution in [0.1, 0.15) is 19.8 Å². The number of benzene rings is 1. The molecule has 2 fully saturated rings. The number of urea groups is 1. The highest BCUT2D eigenvalue weighted by Crippen LogP contribution is 2.18. The molecule has 0 radical (unpaired) electrons. The lowest BCUT2D eigenvalue weighted by molar-refractivity contribution is -0.145. The van der Waals surface area contributed by atoms with Gasteiger partial charge in [-0.3, -0.25) is 19.3 Å². The number of imide groups is 2. The zero-order chi connectivity index (χ0) is 21.9. The second-order valence-electron chi connectivity index (χ2n) is 7.08. The zero-order valence-electron chi connectivity index (χ0n) is 16.7. The van der Waals surface area contributed by atoms with Crippen LogP contribution in [-0.2, 0) is 24.4 Å². The van der Waals surface area contributed by atoms with Crippen molar-refractivity contribution in [3.8, 4) is 0 Å². The van der Waals surface area contributed by atoms with Gasteiger partial charge in [-0.25, -0.2) is 18.1 Å². The van der Waals surface area contributed by atoms with Gasteiger partial charge in [0, 0.05) is 32.7 Å². The average molecular weight is 436 g/mol. The van der Waals surface area contributed by atoms with Crippen LogP contribution >= 0.6 is 0 Å². The first-order chi connectivity index (χ1) is 14.3. The number of carbonyl (C=O) groups excluding carboxylic acids is 4. The molecule has 0 atom stereocenters. The van der Waals surface area contributed by atoms with Crippen molar-refractivity contribution in [2.24, 2.45) is 0 Å². The molecule has 0 spiro atoms. The Kier molecular flexibility index (Phi) is 6.52. The van der Waals surface area contributed by atoms with Crippen molar-refractivity contribution in [3.05, 3.63) is 30.3 Å². The first kappa shape index (κ1) is 21.9. The molecule has 0 aromatic heterocycles. The normalized spacial score (nSPS) is 18.4. The first-order valence-electron chi connectivity index (χ1n) is 9.77. The summed E-state index contributed by atoms with van der Waals surface area (Å²) in [5, 5.41) is 0. The molecule has 1 aromatic carbocycles. The molecule has 0 saturated carbocycles. The number of hydrogen-bond acceptors (Lipinski definition) is 6. The Bertz CT molecular complexity index is 941. The molecule has 0 unspecified atom stereocenters. The van der Waals surface area contributed by atoms with Crippen LogP contribution < -0.4 is 0 Å². The van der Waals surface area contributed by atoms with E-state index in [-0.39, 0.29) is 37.6 Å². The van der Waals surface area contributed by atoms with E-state index in [1.807, 2.05) is 6.92 Å². The minimum absolute atomic E-state index is 0.104. The first-order valence-corrected chi connectivity index (χ1v) is 11.2. The smallest absolute Gasteiger partial charge is 0.334 e. The van der Waals surface area contributed by atoms with Gasteiger partial charge in [0.1, 0.15) is 6.54 Å². The number of piperazine rings is 1. The molecule has 10 nitrogen and oxygen atoms in total. The summed E-state index contributed by atoms with van der Waals surface area (Å²) in [6.45, 7) is 1.98. The summed E-state index contributed by atoms with van der Waals surface area (Å²) < 4.78 is 26.6. The molecule has 0 N–H and O–H groups in total. The standard InChI is InChI=1S/C19H24N4O6S/c1-2-3-9-22-17(25)18(26)23(19(22)27)14-16(24)20-10-12-21(13-11-20)30(28,29)15-7-5-4-6-8-15/h4-8H,2-3,9-14H2,1H3. The molecule has 0 aliphatic carbocycles. The molecule has 1 aromatic rings. The fraction of sp³-hybridized carbons (Fsp3) is 0.474. The average Bonchev–Trinajstić information content (AvgIpc) is 2.96. The van der Waals surface area contributed by atoms with Crippen molar-refractivity contribution < 1.29 is 27.6 Å². The van der Waals surface area contributed by atoms with Crippen LogP contribution in [0.5, 0.6) is 0 Å². The number of rotatable bonds is 7. The van der Waals surface area contributed by atoms with Gasteiger partial charge in [0.15, 0.2) is 0 Å². The molecule has 11 heteroatoms. The Morgan fingerprint density at radius 1 is 0.933 bits per heavy atom. The third kappa shape index (κ3) is 4.21. The Morgan fingerprint density at radius 3 is 2.13 bits per heavy atom. The number of unbranched alkanes of at least 4 members (excludes halogenated alkanes) is 1. The van der Waals surface area contributed by atoms with E-state index < -0.39 is 40.3 Å². The molecule has 30 heavy (non-hydrogen) atoms. The van der Waals surface area contributed by atoms with Gasteiger partial charge in [0.25, 0.3) is 0 Å². The van der Waals surface area contributed by atoms with Crippen LogP contribution in [0.15, 0.2) is 35.2 Å². The van der Waals surface area contributed by atoms with Gasteiger partial charge < -0.3 is 4.90 Å². The summed E-state index contributed by atoms with van der Waals surface area (Å²) in [5.41, 5.74) is 0. The SMILES string of the molecule is CCCCN1C(=O)C(=O)N(CC(=O)N2CCN(S(=O)(=O)c3ccccc3)CC2)C1=O. The molecule has 2 aliphatic rings. The van der Waals surface area contributed by atoms with Gasteiger partial charge in [0.05, 0.1) is 4.90 Å². The summed E-state index contributed by atoms with van der Waals surface area (Å²) in [7, 11) is -3.65. The van der Waals surface area contributed by atoms with Gasteiger partial charge in [0.2, 0.25) is 15.9 Å². The zero-order valence-corrected chi connectivity index (χ0v) is 17.5. The van der Waals surface area contributed by atoms with E-state index >= 15 is 0 Å². The van der Waals surface area contributed by atoms with Gasteiger partial charge in [-0.15, -0.1) is 0 Å². The molecule has 5 amide bonds. The fourth-order valence-electron chi connectivity index (χ4n) is 3.36. The van der Waals surface area contributed by atoms with Gasteiger partial charge in [-0.05, 0) is 18.6 Å². The van der Waals surface area contributed by atoms with Crippen LogP contribution in [0.3, 0.4) is 0 Å². The van der Waals surface area contributed by atoms with Crippen LogP contribution in [0.4, 0.5) is 4.79 Å². The van der Waals surface area contributed by atoms with Crippen molar-refractivity contribution in [2.75, 3.05) is 39.3 Å². The van der Waals surface area contributed by atoms with E-state index in [1.54, 1.807) is 18.2 Å². The summed E-state index contributed by atoms with van der Waals surface area (Å²) in [6, 6.07) is 7.25. The second-order valence-corrected chi connectivity index (χ2v) is 9.02. The molecular weight excluding hydrogens is 412 g/mol. The maximum atomic E-state index is 12.7. The van der Waals surface area contributed by atoms with Crippen molar-refractivity contribution >= 4 is 33.8 Å². The van der Waals surface area contributed by atoms with Crippen molar-refractivity contribution in [2.45, 2.75) is 24.7 Å². The summed E-state index contributed by atoms with van der Waals surface area (Å²) in [5.74, 6) is -2.42. The number of amides is 5. The van der Waals surface area contributed by atoms with Crippen LogP contribution in [-0.4, -0.2) is 90.4 Å². The van der Waals surface area contributed by atoms with Crippen LogP contribution in [0.2, 0.25) is 0 Å². The molecule has 2 saturated heterocycles. The topological polar surface area (TPSA) is 115 Å². The summed E-state index contributed by atoms with van der Waals surface area (Å²) in [6.07, 6.45) is 1.32. The molecule has 0 bridgehead atoms. The quantitative estimate of drug-likeness (QED) is 0.443. The lowest BCUT2D eigenvalue weighted by Crippen LogP contribution is -2.53. The third-order valence-electron chi connectivity index (χ3n) is 5.14. The van der Waals surface area contributed by atoms with Crippen molar-refractivity contribution in [1.29, 1.82) is 0 Å². The molecule has 2 heterocycles. The maximum Gasteiger partial charge on any atom is 0.334 e. The van der Waals surface area contributed by atoms with Gasteiger partial charge >= 0.3 is 17.8 Å². The minimum atomic E-state index is -3.65. The largest absolute Gasteiger partial charge is 0.338 e. The highest BCUT2D eigenvalue weighted by Gasteiger charge is 2.45. The van der Waals surface area contributed by atoms with E-state index in [9.17, 15) is 27.6 Å². The monoisotopic (exact) mass is 436 g/mol. The van der Waals surface area contributed by atoms with E-state index in [4.69, 9.17) is 0 Å². The Labute approximate surface area is 175 Å². The van der Waals surface area contributed by atoms with Gasteiger partial charge in [-0.1, -0.05) is 31.5 Å². The summed E-state index contributed by atoms with van der Waals surface area (Å²) >= 11 is 0. The second kappa shape index (κ2) is 8.92. The Hall–Kier alpha value is -2.79. The van der Waals surface area contributed by atoms with Crippen LogP contribution in [0, 0.1) is 0 Å². The summed E-state index contributed by atoms with van der Waals surface area (Å²) in [4.78, 5) is 52.1. The third-order valence-corrected chi connectivity index (χ3v) is 7.05. The van der Waals surface area contributed by atoms with Crippen molar-refractivity contribution in [3.63, 3.8) is 0 Å². The fourth-order valence-corrected chi connectivity index (χ4v) is 4.80. The minimum Gasteiger partial charge on any atom is -0.338 e. The molecule has 162 valence electrons. The molecule has 3 rings (SSSR count). The highest BCUT2D eigenvalue weighted by molar-refractivity contribution is 7.89. The number of sulfonamides is 1. The van der Waals surface area contributed by atoms with E-state index in [0.717, 1.165) is 11.3 Å².